The number of carbonyl (C=O) groups excluding carboxylic acids is 2. The van der Waals surface area contributed by atoms with Crippen molar-refractivity contribution in [1.29, 1.82) is 0 Å². The maximum Gasteiger partial charge on any atom is 0.343 e. The van der Waals surface area contributed by atoms with Crippen molar-refractivity contribution < 1.29 is 14.3 Å². The number of nitrogens with zero attached hydrogens (tertiary/aromatic N) is 3. The van der Waals surface area contributed by atoms with E-state index >= 15 is 0 Å². The Morgan fingerprint density at radius 1 is 1.09 bits per heavy atom. The lowest BCUT2D eigenvalue weighted by Gasteiger charge is -2.13. The van der Waals surface area contributed by atoms with Crippen LogP contribution >= 0.6 is 15.9 Å². The average molecular weight is 493 g/mol. The Kier molecular flexibility index (Phi) is 6.05. The molecule has 0 bridgehead atoms. The van der Waals surface area contributed by atoms with Crippen LogP contribution in [0.4, 0.5) is 5.82 Å². The Hall–Kier alpha value is -3.52. The molecule has 8 heteroatoms. The second kappa shape index (κ2) is 8.92. The van der Waals surface area contributed by atoms with Gasteiger partial charge in [-0.15, -0.1) is 0 Å². The fourth-order valence-electron chi connectivity index (χ4n) is 3.46. The topological polar surface area (TPSA) is 86.1 Å². The fraction of sp³-hybridized carbons (Fsp3) is 0.167. The number of carbonyl (C=O) groups is 2. The molecule has 1 N–H and O–H groups in total. The summed E-state index contributed by atoms with van der Waals surface area (Å²) in [5.41, 5.74) is 3.44. The maximum absolute atomic E-state index is 13.0. The van der Waals surface area contributed by atoms with Gasteiger partial charge in [0.15, 0.2) is 11.6 Å². The number of hydrogen-bond acceptors (Lipinski definition) is 5. The molecule has 0 fully saturated rings. The first kappa shape index (κ1) is 21.7. The van der Waals surface area contributed by atoms with Crippen molar-refractivity contribution >= 4 is 44.5 Å². The standard InChI is InChI=1S/C24H21BrN4O3/c1-4-32-24(31)19-13-26-29(22(19)28-23(30)16-8-6-9-17(25)12-16)20-11-15(3)18-10-5-7-14(2)21(18)27-20/h5-13H,4H2,1-3H3,(H,28,30). The largest absolute Gasteiger partial charge is 0.462 e. The van der Waals surface area contributed by atoms with E-state index in [-0.39, 0.29) is 23.9 Å². The smallest absolute Gasteiger partial charge is 0.343 e. The molecule has 4 aromatic rings. The number of aryl methyl sites for hydroxylation is 2. The number of rotatable bonds is 5. The number of benzene rings is 2. The van der Waals surface area contributed by atoms with E-state index in [9.17, 15) is 9.59 Å². The second-order valence-corrected chi connectivity index (χ2v) is 8.19. The van der Waals surface area contributed by atoms with E-state index < -0.39 is 5.97 Å². The molecule has 0 aliphatic heterocycles. The van der Waals surface area contributed by atoms with Gasteiger partial charge in [0.1, 0.15) is 5.56 Å². The van der Waals surface area contributed by atoms with Gasteiger partial charge in [-0.1, -0.05) is 40.2 Å². The van der Waals surface area contributed by atoms with Crippen molar-refractivity contribution in [3.63, 3.8) is 0 Å². The number of amides is 1. The molecular formula is C24H21BrN4O3. The van der Waals surface area contributed by atoms with Crippen LogP contribution in [0.15, 0.2) is 59.2 Å². The molecule has 0 saturated heterocycles. The van der Waals surface area contributed by atoms with Gasteiger partial charge < -0.3 is 10.1 Å². The molecule has 0 radical (unpaired) electrons. The Balaban J connectivity index is 1.84. The zero-order valence-corrected chi connectivity index (χ0v) is 19.4. The molecule has 0 aliphatic carbocycles. The summed E-state index contributed by atoms with van der Waals surface area (Å²) in [4.78, 5) is 30.3. The monoisotopic (exact) mass is 492 g/mol. The second-order valence-electron chi connectivity index (χ2n) is 7.27. The van der Waals surface area contributed by atoms with Gasteiger partial charge in [-0.3, -0.25) is 4.79 Å². The lowest BCUT2D eigenvalue weighted by Crippen LogP contribution is -2.18. The van der Waals surface area contributed by atoms with Gasteiger partial charge >= 0.3 is 5.97 Å². The number of esters is 1. The van der Waals surface area contributed by atoms with E-state index in [1.807, 2.05) is 44.2 Å². The summed E-state index contributed by atoms with van der Waals surface area (Å²) in [6, 6.07) is 14.8. The maximum atomic E-state index is 13.0. The number of ether oxygens (including phenoxy) is 1. The number of anilines is 1. The molecule has 0 spiro atoms. The molecule has 2 aromatic heterocycles. The van der Waals surface area contributed by atoms with E-state index in [4.69, 9.17) is 9.72 Å². The molecule has 0 atom stereocenters. The summed E-state index contributed by atoms with van der Waals surface area (Å²) >= 11 is 3.37. The molecule has 1 amide bonds. The summed E-state index contributed by atoms with van der Waals surface area (Å²) in [7, 11) is 0. The Morgan fingerprint density at radius 2 is 1.88 bits per heavy atom. The normalized spacial score (nSPS) is 10.9. The first-order valence-electron chi connectivity index (χ1n) is 10.1. The Labute approximate surface area is 193 Å². The summed E-state index contributed by atoms with van der Waals surface area (Å²) in [6.07, 6.45) is 1.38. The molecule has 2 aromatic carbocycles. The number of nitrogens with one attached hydrogen (secondary N) is 1. The molecule has 162 valence electrons. The van der Waals surface area contributed by atoms with E-state index in [1.54, 1.807) is 25.1 Å². The third-order valence-electron chi connectivity index (χ3n) is 5.03. The van der Waals surface area contributed by atoms with Crippen LogP contribution in [0.3, 0.4) is 0 Å². The first-order chi connectivity index (χ1) is 15.4. The average Bonchev–Trinajstić information content (AvgIpc) is 3.18. The highest BCUT2D eigenvalue weighted by molar-refractivity contribution is 9.10. The van der Waals surface area contributed by atoms with E-state index in [1.165, 1.54) is 10.9 Å². The van der Waals surface area contributed by atoms with Crippen molar-refractivity contribution in [3.8, 4) is 5.82 Å². The van der Waals surface area contributed by atoms with Crippen molar-refractivity contribution in [2.24, 2.45) is 0 Å². The fourth-order valence-corrected chi connectivity index (χ4v) is 3.86. The molecule has 32 heavy (non-hydrogen) atoms. The molecule has 0 saturated carbocycles. The quantitative estimate of drug-likeness (QED) is 0.385. The molecule has 0 aliphatic rings. The number of para-hydroxylation sites is 1. The van der Waals surface area contributed by atoms with Crippen LogP contribution in [0.25, 0.3) is 16.7 Å². The van der Waals surface area contributed by atoms with Crippen molar-refractivity contribution in [2.75, 3.05) is 11.9 Å². The van der Waals surface area contributed by atoms with E-state index in [2.05, 4.69) is 26.3 Å². The van der Waals surface area contributed by atoms with Crippen LogP contribution in [0.1, 0.15) is 38.8 Å². The van der Waals surface area contributed by atoms with Crippen LogP contribution in [-0.4, -0.2) is 33.2 Å². The van der Waals surface area contributed by atoms with Gasteiger partial charge in [0, 0.05) is 15.4 Å². The molecular weight excluding hydrogens is 472 g/mol. The van der Waals surface area contributed by atoms with Gasteiger partial charge in [-0.2, -0.15) is 9.78 Å². The summed E-state index contributed by atoms with van der Waals surface area (Å²) in [6.45, 7) is 5.90. The molecule has 0 unspecified atom stereocenters. The Bertz CT molecular complexity index is 1350. The minimum Gasteiger partial charge on any atom is -0.462 e. The minimum atomic E-state index is -0.572. The highest BCUT2D eigenvalue weighted by Gasteiger charge is 2.23. The summed E-state index contributed by atoms with van der Waals surface area (Å²) in [5, 5.41) is 8.22. The third kappa shape index (κ3) is 4.13. The zero-order valence-electron chi connectivity index (χ0n) is 17.8. The van der Waals surface area contributed by atoms with Crippen molar-refractivity contribution in [1.82, 2.24) is 14.8 Å². The van der Waals surface area contributed by atoms with Gasteiger partial charge in [-0.05, 0) is 56.2 Å². The van der Waals surface area contributed by atoms with E-state index in [0.717, 1.165) is 26.5 Å². The highest BCUT2D eigenvalue weighted by Crippen LogP contribution is 2.26. The van der Waals surface area contributed by atoms with Crippen molar-refractivity contribution in [2.45, 2.75) is 20.8 Å². The first-order valence-corrected chi connectivity index (χ1v) is 10.9. The van der Waals surface area contributed by atoms with Crippen LogP contribution in [0.2, 0.25) is 0 Å². The van der Waals surface area contributed by atoms with Gasteiger partial charge in [0.2, 0.25) is 0 Å². The number of fused-ring (bicyclic) bond motifs is 1. The molecule has 7 nitrogen and oxygen atoms in total. The lowest BCUT2D eigenvalue weighted by molar-refractivity contribution is 0.0527. The number of pyridine rings is 1. The predicted molar refractivity (Wildman–Crippen MR) is 126 cm³/mol. The van der Waals surface area contributed by atoms with Gasteiger partial charge in [0.25, 0.3) is 5.91 Å². The Morgan fingerprint density at radius 3 is 2.62 bits per heavy atom. The van der Waals surface area contributed by atoms with Crippen LogP contribution < -0.4 is 5.32 Å². The predicted octanol–water partition coefficient (Wildman–Crippen LogP) is 5.23. The van der Waals surface area contributed by atoms with Crippen LogP contribution in [0.5, 0.6) is 0 Å². The van der Waals surface area contributed by atoms with E-state index in [0.29, 0.717) is 11.4 Å². The lowest BCUT2D eigenvalue weighted by atomic mass is 10.1. The van der Waals surface area contributed by atoms with Gasteiger partial charge in [0.05, 0.1) is 18.3 Å². The van der Waals surface area contributed by atoms with Crippen molar-refractivity contribution in [3.05, 3.63) is 81.5 Å². The molecule has 4 rings (SSSR count). The minimum absolute atomic E-state index is 0.152. The van der Waals surface area contributed by atoms with Gasteiger partial charge in [-0.25, -0.2) is 9.78 Å². The van der Waals surface area contributed by atoms with Crippen LogP contribution in [-0.2, 0) is 4.74 Å². The van der Waals surface area contributed by atoms with Crippen LogP contribution in [0, 0.1) is 13.8 Å². The zero-order chi connectivity index (χ0) is 22.8. The molecule has 2 heterocycles. The number of hydrogen-bond donors (Lipinski definition) is 1. The SMILES string of the molecule is CCOC(=O)c1cnn(-c2cc(C)c3cccc(C)c3n2)c1NC(=O)c1cccc(Br)c1. The summed E-state index contributed by atoms with van der Waals surface area (Å²) < 4.78 is 7.40. The summed E-state index contributed by atoms with van der Waals surface area (Å²) in [5.74, 6) is -0.262. The number of aromatic nitrogens is 3. The highest BCUT2D eigenvalue weighted by atomic mass is 79.9. The third-order valence-corrected chi connectivity index (χ3v) is 5.53. The number of halogens is 1.